The largest absolute Gasteiger partial charge is 0.462 e. The minimum atomic E-state index is -0.763. The molecule has 1 atom stereocenters. The van der Waals surface area contributed by atoms with Gasteiger partial charge < -0.3 is 14.2 Å². The lowest BCUT2D eigenvalue weighted by atomic mass is 10.0. The number of carbonyl (C=O) groups excluding carboxylic acids is 3. The minimum Gasteiger partial charge on any atom is -0.462 e. The van der Waals surface area contributed by atoms with E-state index in [0.717, 1.165) is 63.7 Å². The Morgan fingerprint density at radius 2 is 0.478 bits per heavy atom. The molecule has 0 aliphatic heterocycles. The van der Waals surface area contributed by atoms with Crippen LogP contribution in [-0.2, 0) is 28.6 Å². The predicted molar refractivity (Wildman–Crippen MR) is 298 cm³/mol. The maximum atomic E-state index is 12.9. The number of rotatable bonds is 58. The molecular weight excluding hydrogens is 853 g/mol. The Labute approximate surface area is 431 Å². The molecule has 410 valence electrons. The molecule has 6 heteroatoms. The Hall–Kier alpha value is -1.59. The van der Waals surface area contributed by atoms with Gasteiger partial charge in [0, 0.05) is 19.3 Å². The van der Waals surface area contributed by atoms with Gasteiger partial charge in [0.15, 0.2) is 6.10 Å². The van der Waals surface area contributed by atoms with E-state index in [1.54, 1.807) is 0 Å². The van der Waals surface area contributed by atoms with Crippen molar-refractivity contribution < 1.29 is 28.6 Å². The molecule has 0 fully saturated rings. The van der Waals surface area contributed by atoms with E-state index in [1.165, 1.54) is 257 Å². The molecule has 0 aliphatic rings. The lowest BCUT2D eigenvalue weighted by molar-refractivity contribution is -0.167. The summed E-state index contributed by atoms with van der Waals surface area (Å²) in [6, 6.07) is 0. The second kappa shape index (κ2) is 57.3. The number of ether oxygens (including phenoxy) is 3. The molecule has 0 aromatic heterocycles. The van der Waals surface area contributed by atoms with E-state index in [4.69, 9.17) is 14.2 Å². The van der Waals surface area contributed by atoms with Crippen LogP contribution >= 0.6 is 0 Å². The van der Waals surface area contributed by atoms with Crippen molar-refractivity contribution in [3.63, 3.8) is 0 Å². The summed E-state index contributed by atoms with van der Waals surface area (Å²) in [4.78, 5) is 38.3. The summed E-state index contributed by atoms with van der Waals surface area (Å²) in [5.74, 6) is 0.00439. The van der Waals surface area contributed by atoms with E-state index < -0.39 is 6.10 Å². The maximum absolute atomic E-state index is 12.9. The molecule has 0 saturated carbocycles. The Balaban J connectivity index is 4.28. The second-order valence-corrected chi connectivity index (χ2v) is 22.2. The normalized spacial score (nSPS) is 12.0. The van der Waals surface area contributed by atoms with Crippen LogP contribution in [-0.4, -0.2) is 37.2 Å². The smallest absolute Gasteiger partial charge is 0.306 e. The van der Waals surface area contributed by atoms with Gasteiger partial charge in [-0.3, -0.25) is 14.4 Å². The molecule has 0 bridgehead atoms. The van der Waals surface area contributed by atoms with Crippen LogP contribution in [0.2, 0.25) is 0 Å². The zero-order chi connectivity index (χ0) is 50.2. The van der Waals surface area contributed by atoms with Crippen molar-refractivity contribution in [2.24, 2.45) is 5.92 Å². The summed E-state index contributed by atoms with van der Waals surface area (Å²) in [7, 11) is 0. The van der Waals surface area contributed by atoms with Crippen molar-refractivity contribution in [3.05, 3.63) is 0 Å². The predicted octanol–water partition coefficient (Wildman–Crippen LogP) is 21.0. The third-order valence-electron chi connectivity index (χ3n) is 14.5. The molecule has 0 aliphatic carbocycles. The van der Waals surface area contributed by atoms with Gasteiger partial charge in [-0.05, 0) is 25.2 Å². The van der Waals surface area contributed by atoms with Crippen LogP contribution in [0.1, 0.15) is 362 Å². The molecule has 0 radical (unpaired) electrons. The van der Waals surface area contributed by atoms with Gasteiger partial charge in [0.2, 0.25) is 0 Å². The fraction of sp³-hybridized carbons (Fsp3) is 0.952. The van der Waals surface area contributed by atoms with Gasteiger partial charge >= 0.3 is 17.9 Å². The molecule has 6 nitrogen and oxygen atoms in total. The first kappa shape index (κ1) is 67.4. The topological polar surface area (TPSA) is 78.9 Å². The fourth-order valence-electron chi connectivity index (χ4n) is 9.81. The average molecular weight is 976 g/mol. The Morgan fingerprint density at radius 3 is 0.710 bits per heavy atom. The summed E-state index contributed by atoms with van der Waals surface area (Å²) in [6.45, 7) is 9.08. The van der Waals surface area contributed by atoms with E-state index in [2.05, 4.69) is 27.7 Å². The molecule has 0 amide bonds. The van der Waals surface area contributed by atoms with E-state index in [0.29, 0.717) is 19.3 Å². The summed E-state index contributed by atoms with van der Waals surface area (Å²) >= 11 is 0. The van der Waals surface area contributed by atoms with Crippen LogP contribution in [0.4, 0.5) is 0 Å². The molecule has 0 heterocycles. The van der Waals surface area contributed by atoms with E-state index in [9.17, 15) is 14.4 Å². The zero-order valence-corrected chi connectivity index (χ0v) is 47.3. The first-order chi connectivity index (χ1) is 33.9. The van der Waals surface area contributed by atoms with Crippen LogP contribution in [0, 0.1) is 5.92 Å². The lowest BCUT2D eigenvalue weighted by Crippen LogP contribution is -2.30. The molecule has 0 aromatic rings. The molecule has 0 spiro atoms. The highest BCUT2D eigenvalue weighted by atomic mass is 16.6. The van der Waals surface area contributed by atoms with Gasteiger partial charge in [-0.2, -0.15) is 0 Å². The van der Waals surface area contributed by atoms with Crippen LogP contribution in [0.3, 0.4) is 0 Å². The maximum Gasteiger partial charge on any atom is 0.306 e. The third-order valence-corrected chi connectivity index (χ3v) is 14.5. The van der Waals surface area contributed by atoms with Gasteiger partial charge in [-0.15, -0.1) is 0 Å². The molecule has 0 rings (SSSR count). The minimum absolute atomic E-state index is 0.0613. The first-order valence-corrected chi connectivity index (χ1v) is 31.4. The standard InChI is InChI=1S/C63H122O6/c1-5-7-9-11-13-15-17-19-21-23-25-27-29-34-38-42-46-50-54-61(64)67-57-60(58-68-62(65)55-51-47-43-39-35-32-31-33-37-41-45-49-53-59(3)4)69-63(66)56-52-48-44-40-36-30-28-26-24-22-20-18-16-14-12-10-8-6-2/h59-60H,5-58H2,1-4H3/t60-/m0/s1. The van der Waals surface area contributed by atoms with Gasteiger partial charge in [0.25, 0.3) is 0 Å². The van der Waals surface area contributed by atoms with Crippen LogP contribution in [0.15, 0.2) is 0 Å². The fourth-order valence-corrected chi connectivity index (χ4v) is 9.81. The van der Waals surface area contributed by atoms with Crippen molar-refractivity contribution in [1.29, 1.82) is 0 Å². The Morgan fingerprint density at radius 1 is 0.275 bits per heavy atom. The van der Waals surface area contributed by atoms with Crippen LogP contribution in [0.25, 0.3) is 0 Å². The number of esters is 3. The highest BCUT2D eigenvalue weighted by Crippen LogP contribution is 2.19. The Bertz CT molecular complexity index is 1040. The molecule has 0 aromatic carbocycles. The molecule has 0 unspecified atom stereocenters. The SMILES string of the molecule is CCCCCCCCCCCCCCCCCCCCC(=O)OC[C@@H](COC(=O)CCCCCCCCCCCCCCC(C)C)OC(=O)CCCCCCCCCCCCCCCCCCCC. The van der Waals surface area contributed by atoms with Crippen molar-refractivity contribution in [3.8, 4) is 0 Å². The van der Waals surface area contributed by atoms with Gasteiger partial charge in [-0.25, -0.2) is 0 Å². The number of unbranched alkanes of at least 4 members (excludes halogenated alkanes) is 45. The van der Waals surface area contributed by atoms with Crippen molar-refractivity contribution in [2.75, 3.05) is 13.2 Å². The molecule has 0 saturated heterocycles. The van der Waals surface area contributed by atoms with Crippen molar-refractivity contribution >= 4 is 17.9 Å². The Kier molecular flexibility index (Phi) is 56.0. The summed E-state index contributed by atoms with van der Waals surface area (Å²) in [5.41, 5.74) is 0. The van der Waals surface area contributed by atoms with Crippen LogP contribution < -0.4 is 0 Å². The van der Waals surface area contributed by atoms with Gasteiger partial charge in [-0.1, -0.05) is 323 Å². The highest BCUT2D eigenvalue weighted by molar-refractivity contribution is 5.71. The van der Waals surface area contributed by atoms with Gasteiger partial charge in [0.1, 0.15) is 13.2 Å². The second-order valence-electron chi connectivity index (χ2n) is 22.2. The molecule has 0 N–H and O–H groups in total. The summed E-state index contributed by atoms with van der Waals surface area (Å²) < 4.78 is 16.9. The number of carbonyl (C=O) groups is 3. The van der Waals surface area contributed by atoms with E-state index in [-0.39, 0.29) is 31.1 Å². The molecule has 69 heavy (non-hydrogen) atoms. The monoisotopic (exact) mass is 975 g/mol. The number of hydrogen-bond donors (Lipinski definition) is 0. The number of hydrogen-bond acceptors (Lipinski definition) is 6. The molecular formula is C63H122O6. The van der Waals surface area contributed by atoms with Gasteiger partial charge in [0.05, 0.1) is 0 Å². The zero-order valence-electron chi connectivity index (χ0n) is 47.3. The summed E-state index contributed by atoms with van der Waals surface area (Å²) in [5, 5.41) is 0. The van der Waals surface area contributed by atoms with Crippen molar-refractivity contribution in [1.82, 2.24) is 0 Å². The summed E-state index contributed by atoms with van der Waals surface area (Å²) in [6.07, 6.45) is 63.9. The van der Waals surface area contributed by atoms with E-state index >= 15 is 0 Å². The lowest BCUT2D eigenvalue weighted by Gasteiger charge is -2.18. The van der Waals surface area contributed by atoms with Crippen molar-refractivity contribution in [2.45, 2.75) is 368 Å². The van der Waals surface area contributed by atoms with E-state index in [1.807, 2.05) is 0 Å². The van der Waals surface area contributed by atoms with Crippen LogP contribution in [0.5, 0.6) is 0 Å². The average Bonchev–Trinajstić information content (AvgIpc) is 3.34. The highest BCUT2D eigenvalue weighted by Gasteiger charge is 2.19. The first-order valence-electron chi connectivity index (χ1n) is 31.4. The quantitative estimate of drug-likeness (QED) is 0.0343. The third kappa shape index (κ3) is 57.2.